The maximum atomic E-state index is 12.4. The van der Waals surface area contributed by atoms with E-state index in [4.69, 9.17) is 19.3 Å². The van der Waals surface area contributed by atoms with Gasteiger partial charge in [-0.2, -0.15) is 0 Å². The lowest BCUT2D eigenvalue weighted by molar-refractivity contribution is -0.161. The van der Waals surface area contributed by atoms with Gasteiger partial charge in [0.2, 0.25) is 0 Å². The Bertz CT molecular complexity index is 1100. The molecule has 0 radical (unpaired) electrons. The highest BCUT2D eigenvalue weighted by molar-refractivity contribution is 7.46. The smallest absolute Gasteiger partial charge is 0.462 e. The van der Waals surface area contributed by atoms with Crippen molar-refractivity contribution in [1.29, 1.82) is 0 Å². The predicted octanol–water partition coefficient (Wildman–Crippen LogP) is 13.1. The van der Waals surface area contributed by atoms with Crippen LogP contribution in [0, 0.1) is 0 Å². The number of carbonyl (C=O) groups is 2. The molecule has 0 aromatic heterocycles. The van der Waals surface area contributed by atoms with E-state index in [0.717, 1.165) is 57.8 Å². The van der Waals surface area contributed by atoms with Crippen LogP contribution in [0.3, 0.4) is 0 Å². The highest BCUT2D eigenvalue weighted by Gasteiger charge is 2.22. The van der Waals surface area contributed by atoms with Crippen LogP contribution < -0.4 is 0 Å². The minimum atomic E-state index is -4.78. The molecule has 0 aliphatic heterocycles. The Balaban J connectivity index is 4.06. The lowest BCUT2D eigenvalue weighted by Gasteiger charge is -2.18. The molecule has 0 bridgehead atoms. The van der Waals surface area contributed by atoms with Crippen LogP contribution in [-0.2, 0) is 28.2 Å². The van der Waals surface area contributed by atoms with E-state index in [-0.39, 0.29) is 19.4 Å². The molecule has 0 aliphatic rings. The standard InChI is InChI=1S/C45H77O8P/c1-3-5-7-9-11-13-15-17-19-20-21-22-23-24-26-28-30-32-34-36-38-40-45(47)53-43(42-52-54(48,49)50)41-51-44(46)39-37-35-33-31-29-27-25-18-16-14-12-10-8-6-4-2/h12,14,18-20,22-23,25-26,28,32,34,43H,3-11,13,15-17,21,24,27,29-31,33,35-42H2,1-2H3,(H2,48,49,50)/b14-12+,20-19+,23-22+,25-18+,28-26+,34-32+/t43-/m1/s1. The molecule has 0 spiro atoms. The van der Waals surface area contributed by atoms with Gasteiger partial charge in [0.05, 0.1) is 6.61 Å². The van der Waals surface area contributed by atoms with Crippen molar-refractivity contribution in [3.05, 3.63) is 72.9 Å². The summed E-state index contributed by atoms with van der Waals surface area (Å²) in [5.41, 5.74) is 0. The SMILES string of the molecule is CCCCC/C=C/C/C=C/CCCCCCCC(=O)OC[C@H](COP(=O)(O)O)OC(=O)CCC/C=C/C/C=C/C/C=C/C/C=C/CCCCCCCCC. The average Bonchev–Trinajstić information content (AvgIpc) is 3.14. The van der Waals surface area contributed by atoms with Gasteiger partial charge < -0.3 is 19.3 Å². The normalized spacial score (nSPS) is 13.2. The highest BCUT2D eigenvalue weighted by atomic mass is 31.2. The Hall–Kier alpha value is -2.51. The predicted molar refractivity (Wildman–Crippen MR) is 225 cm³/mol. The highest BCUT2D eigenvalue weighted by Crippen LogP contribution is 2.36. The van der Waals surface area contributed by atoms with Crippen molar-refractivity contribution in [1.82, 2.24) is 0 Å². The lowest BCUT2D eigenvalue weighted by atomic mass is 10.1. The third-order valence-electron chi connectivity index (χ3n) is 8.70. The number of allylic oxidation sites excluding steroid dienone is 12. The summed E-state index contributed by atoms with van der Waals surface area (Å²) in [5, 5.41) is 0. The van der Waals surface area contributed by atoms with Gasteiger partial charge in [-0.3, -0.25) is 14.1 Å². The molecule has 310 valence electrons. The summed E-state index contributed by atoms with van der Waals surface area (Å²) in [5.74, 6) is -0.971. The van der Waals surface area contributed by atoms with E-state index in [2.05, 4.69) is 85.2 Å². The van der Waals surface area contributed by atoms with Crippen molar-refractivity contribution in [3.63, 3.8) is 0 Å². The van der Waals surface area contributed by atoms with Crippen LogP contribution in [-0.4, -0.2) is 41.0 Å². The number of phosphoric ester groups is 1. The summed E-state index contributed by atoms with van der Waals surface area (Å²) in [4.78, 5) is 42.8. The fourth-order valence-electron chi connectivity index (χ4n) is 5.51. The molecule has 0 saturated carbocycles. The van der Waals surface area contributed by atoms with Crippen LogP contribution >= 0.6 is 7.82 Å². The van der Waals surface area contributed by atoms with Crippen LogP contribution in [0.1, 0.15) is 181 Å². The van der Waals surface area contributed by atoms with Crippen LogP contribution in [0.2, 0.25) is 0 Å². The molecule has 0 rings (SSSR count). The van der Waals surface area contributed by atoms with Crippen molar-refractivity contribution in [3.8, 4) is 0 Å². The van der Waals surface area contributed by atoms with Crippen molar-refractivity contribution in [2.75, 3.05) is 13.2 Å². The Morgan fingerprint density at radius 3 is 1.33 bits per heavy atom. The molecule has 9 heteroatoms. The van der Waals surface area contributed by atoms with Gasteiger partial charge in [0, 0.05) is 12.8 Å². The molecule has 0 aliphatic carbocycles. The summed E-state index contributed by atoms with van der Waals surface area (Å²) in [6.45, 7) is 3.59. The molecule has 54 heavy (non-hydrogen) atoms. The maximum Gasteiger partial charge on any atom is 0.469 e. The van der Waals surface area contributed by atoms with E-state index in [1.54, 1.807) is 0 Å². The molecule has 0 saturated heterocycles. The lowest BCUT2D eigenvalue weighted by Crippen LogP contribution is -2.29. The van der Waals surface area contributed by atoms with E-state index in [9.17, 15) is 14.2 Å². The van der Waals surface area contributed by atoms with Gasteiger partial charge in [-0.1, -0.05) is 157 Å². The second kappa shape index (κ2) is 40.2. The minimum absolute atomic E-state index is 0.130. The second-order valence-electron chi connectivity index (χ2n) is 14.0. The number of unbranched alkanes of at least 4 members (excludes halogenated alkanes) is 16. The number of ether oxygens (including phenoxy) is 2. The number of hydrogen-bond acceptors (Lipinski definition) is 6. The first kappa shape index (κ1) is 51.5. The van der Waals surface area contributed by atoms with Crippen LogP contribution in [0.5, 0.6) is 0 Å². The largest absolute Gasteiger partial charge is 0.469 e. The number of esters is 2. The molecule has 1 atom stereocenters. The van der Waals surface area contributed by atoms with Crippen LogP contribution in [0.25, 0.3) is 0 Å². The van der Waals surface area contributed by atoms with Gasteiger partial charge in [0.1, 0.15) is 6.61 Å². The Morgan fingerprint density at radius 1 is 0.481 bits per heavy atom. The molecular formula is C45H77O8P. The summed E-state index contributed by atoms with van der Waals surface area (Å²) < 4.78 is 26.3. The van der Waals surface area contributed by atoms with Crippen LogP contribution in [0.15, 0.2) is 72.9 Å². The number of carbonyl (C=O) groups excluding carboxylic acids is 2. The van der Waals surface area contributed by atoms with E-state index >= 15 is 0 Å². The van der Waals surface area contributed by atoms with Crippen molar-refractivity contribution < 1.29 is 37.9 Å². The van der Waals surface area contributed by atoms with E-state index in [0.29, 0.717) is 19.3 Å². The maximum absolute atomic E-state index is 12.4. The Labute approximate surface area is 329 Å². The topological polar surface area (TPSA) is 119 Å². The van der Waals surface area contributed by atoms with Gasteiger partial charge in [-0.15, -0.1) is 0 Å². The van der Waals surface area contributed by atoms with E-state index in [1.165, 1.54) is 77.0 Å². The molecule has 0 fully saturated rings. The third-order valence-corrected chi connectivity index (χ3v) is 9.18. The molecule has 0 unspecified atom stereocenters. The molecule has 2 N–H and O–H groups in total. The second-order valence-corrected chi connectivity index (χ2v) is 15.2. The Morgan fingerprint density at radius 2 is 0.852 bits per heavy atom. The average molecular weight is 777 g/mol. The van der Waals surface area contributed by atoms with Crippen LogP contribution in [0.4, 0.5) is 0 Å². The van der Waals surface area contributed by atoms with Gasteiger partial charge in [-0.05, 0) is 83.5 Å². The third kappa shape index (κ3) is 42.2. The molecule has 0 aromatic rings. The quantitative estimate of drug-likeness (QED) is 0.0275. The Kier molecular flexibility index (Phi) is 38.3. The molecule has 0 amide bonds. The van der Waals surface area contributed by atoms with Gasteiger partial charge >= 0.3 is 19.8 Å². The first-order chi connectivity index (χ1) is 26.3. The first-order valence-corrected chi connectivity index (χ1v) is 22.8. The number of hydrogen-bond donors (Lipinski definition) is 2. The fourth-order valence-corrected chi connectivity index (χ4v) is 5.87. The minimum Gasteiger partial charge on any atom is -0.462 e. The number of phosphoric acid groups is 1. The molecular weight excluding hydrogens is 699 g/mol. The molecule has 0 heterocycles. The summed E-state index contributed by atoms with van der Waals surface area (Å²) in [6.07, 6.45) is 52.0. The van der Waals surface area contributed by atoms with Crippen molar-refractivity contribution in [2.45, 2.75) is 187 Å². The van der Waals surface area contributed by atoms with Gasteiger partial charge in [0.15, 0.2) is 6.10 Å². The van der Waals surface area contributed by atoms with Crippen molar-refractivity contribution in [2.24, 2.45) is 0 Å². The summed E-state index contributed by atoms with van der Waals surface area (Å²) >= 11 is 0. The van der Waals surface area contributed by atoms with Crippen molar-refractivity contribution >= 4 is 19.8 Å². The molecule has 0 aromatic carbocycles. The van der Waals surface area contributed by atoms with E-state index < -0.39 is 32.5 Å². The zero-order chi connectivity index (χ0) is 39.6. The zero-order valence-corrected chi connectivity index (χ0v) is 35.0. The number of rotatable bonds is 38. The van der Waals surface area contributed by atoms with E-state index in [1.807, 2.05) is 6.08 Å². The molecule has 8 nitrogen and oxygen atoms in total. The first-order valence-electron chi connectivity index (χ1n) is 21.2. The fraction of sp³-hybridized carbons (Fsp3) is 0.689. The monoisotopic (exact) mass is 777 g/mol. The summed E-state index contributed by atoms with van der Waals surface area (Å²) in [7, 11) is -4.78. The van der Waals surface area contributed by atoms with Gasteiger partial charge in [-0.25, -0.2) is 4.57 Å². The zero-order valence-electron chi connectivity index (χ0n) is 34.1. The summed E-state index contributed by atoms with van der Waals surface area (Å²) in [6, 6.07) is 0. The van der Waals surface area contributed by atoms with Gasteiger partial charge in [0.25, 0.3) is 0 Å².